The lowest BCUT2D eigenvalue weighted by Gasteiger charge is -2.27. The average molecular weight is 386 g/mol. The summed E-state index contributed by atoms with van der Waals surface area (Å²) < 4.78 is 15.5. The monoisotopic (exact) mass is 386 g/mol. The Labute approximate surface area is 161 Å². The standard InChI is InChI=1S/C19H34N2O6/c1-18(2,3)26-16(23)20-14-9-11-21(17(24)27-19(4,5)6)10-8-13(14)12-15(22)25-7/h13-14H,8-12H2,1-7H3,(H,20,23)/t13-,14+/m0/s1. The number of likely N-dealkylation sites (tertiary alicyclic amines) is 1. The summed E-state index contributed by atoms with van der Waals surface area (Å²) in [4.78, 5) is 38.0. The molecule has 1 fully saturated rings. The summed E-state index contributed by atoms with van der Waals surface area (Å²) in [6, 6.07) is -0.300. The van der Waals surface area contributed by atoms with E-state index >= 15 is 0 Å². The molecule has 8 heteroatoms. The second kappa shape index (κ2) is 9.28. The van der Waals surface area contributed by atoms with Crippen LogP contribution in [0.5, 0.6) is 0 Å². The highest BCUT2D eigenvalue weighted by Crippen LogP contribution is 2.24. The first-order valence-electron chi connectivity index (χ1n) is 9.35. The molecule has 0 saturated carbocycles. The molecule has 1 heterocycles. The van der Waals surface area contributed by atoms with Crippen LogP contribution in [0.1, 0.15) is 60.8 Å². The summed E-state index contributed by atoms with van der Waals surface area (Å²) in [5, 5.41) is 2.85. The van der Waals surface area contributed by atoms with Gasteiger partial charge in [-0.3, -0.25) is 4.79 Å². The third-order valence-electron chi connectivity index (χ3n) is 4.06. The first-order valence-corrected chi connectivity index (χ1v) is 9.35. The Balaban J connectivity index is 2.83. The second-order valence-corrected chi connectivity index (χ2v) is 8.84. The second-order valence-electron chi connectivity index (χ2n) is 8.84. The number of esters is 1. The maximum atomic E-state index is 12.4. The summed E-state index contributed by atoms with van der Waals surface area (Å²) in [5.74, 6) is -0.501. The fourth-order valence-corrected chi connectivity index (χ4v) is 2.87. The van der Waals surface area contributed by atoms with E-state index in [0.717, 1.165) is 0 Å². The zero-order valence-electron chi connectivity index (χ0n) is 17.6. The van der Waals surface area contributed by atoms with E-state index in [1.807, 2.05) is 20.8 Å². The van der Waals surface area contributed by atoms with Gasteiger partial charge in [-0.25, -0.2) is 9.59 Å². The molecule has 1 aliphatic heterocycles. The lowest BCUT2D eigenvalue weighted by Crippen LogP contribution is -2.44. The highest BCUT2D eigenvalue weighted by atomic mass is 16.6. The summed E-state index contributed by atoms with van der Waals surface area (Å²) in [7, 11) is 1.34. The van der Waals surface area contributed by atoms with Crippen LogP contribution in [-0.4, -0.2) is 60.5 Å². The summed E-state index contributed by atoms with van der Waals surface area (Å²) in [5.41, 5.74) is -1.20. The summed E-state index contributed by atoms with van der Waals surface area (Å²) in [6.07, 6.45) is 0.291. The Kier molecular flexibility index (Phi) is 7.92. The fourth-order valence-electron chi connectivity index (χ4n) is 2.87. The molecule has 0 aromatic heterocycles. The van der Waals surface area contributed by atoms with Crippen molar-refractivity contribution in [3.8, 4) is 0 Å². The first-order chi connectivity index (χ1) is 12.3. The van der Waals surface area contributed by atoms with Crippen LogP contribution in [-0.2, 0) is 19.0 Å². The number of alkyl carbamates (subject to hydrolysis) is 1. The van der Waals surface area contributed by atoms with Gasteiger partial charge >= 0.3 is 18.2 Å². The van der Waals surface area contributed by atoms with Crippen LogP contribution in [0.4, 0.5) is 9.59 Å². The number of hydrogen-bond acceptors (Lipinski definition) is 6. The SMILES string of the molecule is COC(=O)C[C@@H]1CCN(C(=O)OC(C)(C)C)CC[C@H]1NC(=O)OC(C)(C)C. The number of methoxy groups -OCH3 is 1. The van der Waals surface area contributed by atoms with E-state index < -0.39 is 23.4 Å². The van der Waals surface area contributed by atoms with E-state index in [1.54, 1.807) is 25.7 Å². The van der Waals surface area contributed by atoms with Gasteiger partial charge < -0.3 is 24.4 Å². The Morgan fingerprint density at radius 1 is 0.963 bits per heavy atom. The van der Waals surface area contributed by atoms with Crippen molar-refractivity contribution in [1.29, 1.82) is 0 Å². The van der Waals surface area contributed by atoms with E-state index in [2.05, 4.69) is 5.32 Å². The first kappa shape index (κ1) is 23.0. The van der Waals surface area contributed by atoms with Crippen molar-refractivity contribution >= 4 is 18.2 Å². The number of rotatable bonds is 3. The summed E-state index contributed by atoms with van der Waals surface area (Å²) >= 11 is 0. The molecule has 1 aliphatic rings. The normalized spacial score (nSPS) is 21.1. The van der Waals surface area contributed by atoms with Gasteiger partial charge in [0.15, 0.2) is 0 Å². The maximum absolute atomic E-state index is 12.4. The smallest absolute Gasteiger partial charge is 0.410 e. The molecule has 27 heavy (non-hydrogen) atoms. The number of carbonyl (C=O) groups excluding carboxylic acids is 3. The van der Waals surface area contributed by atoms with Crippen molar-refractivity contribution in [3.63, 3.8) is 0 Å². The van der Waals surface area contributed by atoms with Gasteiger partial charge in [0.05, 0.1) is 13.5 Å². The maximum Gasteiger partial charge on any atom is 0.410 e. The molecule has 0 aliphatic carbocycles. The Hall–Kier alpha value is -1.99. The molecule has 0 bridgehead atoms. The molecular formula is C19H34N2O6. The van der Waals surface area contributed by atoms with Crippen LogP contribution < -0.4 is 5.32 Å². The molecule has 1 rings (SSSR count). The minimum Gasteiger partial charge on any atom is -0.469 e. The average Bonchev–Trinajstić information content (AvgIpc) is 2.66. The molecule has 0 aromatic carbocycles. The molecule has 1 saturated heterocycles. The quantitative estimate of drug-likeness (QED) is 0.592. The van der Waals surface area contributed by atoms with Crippen LogP contribution in [0.3, 0.4) is 0 Å². The van der Waals surface area contributed by atoms with Gasteiger partial charge in [0.2, 0.25) is 0 Å². The topological polar surface area (TPSA) is 94.2 Å². The largest absolute Gasteiger partial charge is 0.469 e. The lowest BCUT2D eigenvalue weighted by molar-refractivity contribution is -0.142. The van der Waals surface area contributed by atoms with Gasteiger partial charge in [-0.05, 0) is 60.3 Å². The van der Waals surface area contributed by atoms with Crippen LogP contribution >= 0.6 is 0 Å². The minimum absolute atomic E-state index is 0.155. The van der Waals surface area contributed by atoms with Crippen LogP contribution in [0.2, 0.25) is 0 Å². The van der Waals surface area contributed by atoms with Crippen LogP contribution in [0, 0.1) is 5.92 Å². The van der Waals surface area contributed by atoms with Crippen molar-refractivity contribution in [1.82, 2.24) is 10.2 Å². The third-order valence-corrected chi connectivity index (χ3v) is 4.06. The highest BCUT2D eigenvalue weighted by Gasteiger charge is 2.33. The van der Waals surface area contributed by atoms with Crippen molar-refractivity contribution in [2.75, 3.05) is 20.2 Å². The number of nitrogens with zero attached hydrogens (tertiary/aromatic N) is 1. The Morgan fingerprint density at radius 2 is 1.52 bits per heavy atom. The van der Waals surface area contributed by atoms with Crippen molar-refractivity contribution < 1.29 is 28.6 Å². The molecule has 0 aromatic rings. The fraction of sp³-hybridized carbons (Fsp3) is 0.842. The highest BCUT2D eigenvalue weighted by molar-refractivity contribution is 5.71. The zero-order chi connectivity index (χ0) is 20.8. The van der Waals surface area contributed by atoms with Crippen molar-refractivity contribution in [2.45, 2.75) is 78.0 Å². The molecule has 0 spiro atoms. The molecule has 2 amide bonds. The van der Waals surface area contributed by atoms with Crippen molar-refractivity contribution in [3.05, 3.63) is 0 Å². The Bertz CT molecular complexity index is 535. The van der Waals surface area contributed by atoms with Crippen LogP contribution in [0.15, 0.2) is 0 Å². The van der Waals surface area contributed by atoms with Gasteiger partial charge in [0, 0.05) is 19.1 Å². The molecule has 0 unspecified atom stereocenters. The number of amides is 2. The molecule has 2 atom stereocenters. The zero-order valence-corrected chi connectivity index (χ0v) is 17.6. The lowest BCUT2D eigenvalue weighted by atomic mass is 9.91. The molecule has 8 nitrogen and oxygen atoms in total. The predicted octanol–water partition coefficient (Wildman–Crippen LogP) is 3.09. The number of hydrogen-bond donors (Lipinski definition) is 1. The molecular weight excluding hydrogens is 352 g/mol. The summed E-state index contributed by atoms with van der Waals surface area (Å²) in [6.45, 7) is 11.7. The number of carbonyl (C=O) groups is 3. The van der Waals surface area contributed by atoms with Gasteiger partial charge in [-0.15, -0.1) is 0 Å². The minimum atomic E-state index is -0.616. The number of ether oxygens (including phenoxy) is 3. The van der Waals surface area contributed by atoms with E-state index in [1.165, 1.54) is 7.11 Å². The number of nitrogens with one attached hydrogen (secondary N) is 1. The van der Waals surface area contributed by atoms with Crippen LogP contribution in [0.25, 0.3) is 0 Å². The predicted molar refractivity (Wildman–Crippen MR) is 100 cm³/mol. The van der Waals surface area contributed by atoms with Gasteiger partial charge in [0.25, 0.3) is 0 Å². The molecule has 156 valence electrons. The van der Waals surface area contributed by atoms with E-state index in [4.69, 9.17) is 14.2 Å². The Morgan fingerprint density at radius 3 is 2.04 bits per heavy atom. The van der Waals surface area contributed by atoms with E-state index in [-0.39, 0.29) is 24.3 Å². The van der Waals surface area contributed by atoms with E-state index in [0.29, 0.717) is 25.9 Å². The third kappa shape index (κ3) is 8.97. The van der Waals surface area contributed by atoms with Gasteiger partial charge in [0.1, 0.15) is 11.2 Å². The molecule has 0 radical (unpaired) electrons. The molecule has 1 N–H and O–H groups in total. The van der Waals surface area contributed by atoms with Gasteiger partial charge in [-0.1, -0.05) is 0 Å². The van der Waals surface area contributed by atoms with Gasteiger partial charge in [-0.2, -0.15) is 0 Å². The van der Waals surface area contributed by atoms with E-state index in [9.17, 15) is 14.4 Å². The van der Waals surface area contributed by atoms with Crippen molar-refractivity contribution in [2.24, 2.45) is 5.92 Å².